The summed E-state index contributed by atoms with van der Waals surface area (Å²) in [6, 6.07) is -1.42. The van der Waals surface area contributed by atoms with Crippen molar-refractivity contribution in [2.45, 2.75) is 68.3 Å². The maximum Gasteiger partial charge on any atom is 0.397 e. The Balaban J connectivity index is 2.45. The molecule has 18 nitrogen and oxygen atoms in total. The van der Waals surface area contributed by atoms with E-state index in [0.717, 1.165) is 21.1 Å². The molecule has 10 atom stereocenters. The van der Waals surface area contributed by atoms with Gasteiger partial charge in [-0.05, 0) is 0 Å². The number of rotatable bonds is 14. The first-order valence-electron chi connectivity index (χ1n) is 11.5. The van der Waals surface area contributed by atoms with Gasteiger partial charge in [0.15, 0.2) is 28.5 Å². The van der Waals surface area contributed by atoms with Crippen LogP contribution < -0.4 is 5.32 Å². The molecule has 0 aromatic carbocycles. The quantitative estimate of drug-likeness (QED) is 0.118. The van der Waals surface area contributed by atoms with Crippen molar-refractivity contribution in [3.05, 3.63) is 12.0 Å². The van der Waals surface area contributed by atoms with E-state index in [1.807, 2.05) is 0 Å². The highest BCUT2D eigenvalue weighted by Gasteiger charge is 2.55. The molecule has 40 heavy (non-hydrogen) atoms. The van der Waals surface area contributed by atoms with Crippen molar-refractivity contribution in [1.29, 1.82) is 0 Å². The molecule has 2 fully saturated rings. The summed E-state index contributed by atoms with van der Waals surface area (Å²) in [5.41, 5.74) is 0. The van der Waals surface area contributed by atoms with Crippen LogP contribution in [0.4, 0.5) is 0 Å². The third-order valence-electron chi connectivity index (χ3n) is 5.92. The van der Waals surface area contributed by atoms with E-state index in [4.69, 9.17) is 28.4 Å². The van der Waals surface area contributed by atoms with Crippen LogP contribution in [0.25, 0.3) is 0 Å². The van der Waals surface area contributed by atoms with E-state index >= 15 is 0 Å². The standard InChI is InChI=1S/C20H33NO17S2/c1-5-39(27,28)7-6-34-16-15(32-3)12(24)20(37-17(16)18(25)26)36-14-11(21-9(2)23)19(33-4)35-10(8-22)13(14)38-40(29,30)31/h5,10-17,19-20,22,24H,1,6-8H2,2-4H3,(H,21,23)(H,25,26)(H,29,30,31). The number of nitrogens with one attached hydrogen (secondary N) is 1. The van der Waals surface area contributed by atoms with E-state index in [9.17, 15) is 46.3 Å². The zero-order valence-corrected chi connectivity index (χ0v) is 23.2. The molecule has 10 unspecified atom stereocenters. The van der Waals surface area contributed by atoms with Crippen molar-refractivity contribution in [3.8, 4) is 0 Å². The number of aliphatic hydroxyl groups is 2. The molecule has 0 saturated carbocycles. The summed E-state index contributed by atoms with van der Waals surface area (Å²) in [5, 5.41) is 33.6. The molecule has 0 spiro atoms. The second-order valence-electron chi connectivity index (χ2n) is 8.60. The molecule has 20 heteroatoms. The van der Waals surface area contributed by atoms with Crippen molar-refractivity contribution in [3.63, 3.8) is 0 Å². The van der Waals surface area contributed by atoms with Gasteiger partial charge in [-0.15, -0.1) is 0 Å². The van der Waals surface area contributed by atoms with Gasteiger partial charge in [0.1, 0.15) is 42.7 Å². The number of aliphatic carboxylic acids is 1. The Labute approximate surface area is 229 Å². The number of methoxy groups -OCH3 is 2. The lowest BCUT2D eigenvalue weighted by molar-refractivity contribution is -0.340. The average Bonchev–Trinajstić information content (AvgIpc) is 2.85. The Morgan fingerprint density at radius 3 is 2.15 bits per heavy atom. The Morgan fingerprint density at radius 2 is 1.68 bits per heavy atom. The Kier molecular flexibility index (Phi) is 12.4. The molecule has 1 amide bonds. The molecule has 0 bridgehead atoms. The lowest BCUT2D eigenvalue weighted by Crippen LogP contribution is -2.69. The molecular weight excluding hydrogens is 590 g/mol. The molecule has 0 aliphatic carbocycles. The summed E-state index contributed by atoms with van der Waals surface area (Å²) in [4.78, 5) is 24.0. The van der Waals surface area contributed by atoms with Gasteiger partial charge in [-0.25, -0.2) is 17.4 Å². The minimum Gasteiger partial charge on any atom is -0.479 e. The van der Waals surface area contributed by atoms with Crippen LogP contribution in [0.2, 0.25) is 0 Å². The van der Waals surface area contributed by atoms with Crippen molar-refractivity contribution in [2.75, 3.05) is 33.2 Å². The fraction of sp³-hybridized carbons (Fsp3) is 0.800. The smallest absolute Gasteiger partial charge is 0.397 e. The van der Waals surface area contributed by atoms with E-state index in [1.165, 1.54) is 0 Å². The van der Waals surface area contributed by atoms with Gasteiger partial charge in [-0.1, -0.05) is 6.58 Å². The predicted octanol–water partition coefficient (Wildman–Crippen LogP) is -3.44. The van der Waals surface area contributed by atoms with Crippen molar-refractivity contribution >= 4 is 32.1 Å². The minimum absolute atomic E-state index is 0.521. The van der Waals surface area contributed by atoms with Gasteiger partial charge in [0.25, 0.3) is 0 Å². The third kappa shape index (κ3) is 8.84. The summed E-state index contributed by atoms with van der Waals surface area (Å²) < 4.78 is 93.0. The van der Waals surface area contributed by atoms with Gasteiger partial charge in [-0.2, -0.15) is 8.42 Å². The SMILES string of the molecule is C=CS(=O)(=O)CCOC1C(C(=O)O)OC(OC2C(NC(C)=O)C(OC)OC(CO)C2OS(=O)(=O)O)C(O)C1OC. The number of carbonyl (C=O) groups is 2. The molecule has 0 aromatic rings. The Bertz CT molecular complexity index is 1100. The molecule has 0 aromatic heterocycles. The van der Waals surface area contributed by atoms with Gasteiger partial charge in [0.2, 0.25) is 5.91 Å². The molecule has 2 aliphatic heterocycles. The van der Waals surface area contributed by atoms with Crippen LogP contribution in [0.5, 0.6) is 0 Å². The van der Waals surface area contributed by atoms with Gasteiger partial charge in [0, 0.05) is 26.6 Å². The molecular formula is C20H33NO17S2. The van der Waals surface area contributed by atoms with E-state index in [1.54, 1.807) is 0 Å². The second-order valence-corrected chi connectivity index (χ2v) is 11.7. The number of carboxylic acids is 1. The Hall–Kier alpha value is -1.82. The maximum atomic E-state index is 12.0. The fourth-order valence-electron chi connectivity index (χ4n) is 4.19. The maximum absolute atomic E-state index is 12.0. The molecule has 2 aliphatic rings. The van der Waals surface area contributed by atoms with Gasteiger partial charge in [0.05, 0.1) is 19.0 Å². The number of carbonyl (C=O) groups excluding carboxylic acids is 1. The zero-order chi connectivity index (χ0) is 30.4. The summed E-state index contributed by atoms with van der Waals surface area (Å²) >= 11 is 0. The lowest BCUT2D eigenvalue weighted by atomic mass is 9.95. The van der Waals surface area contributed by atoms with Crippen LogP contribution in [0.1, 0.15) is 6.92 Å². The lowest BCUT2D eigenvalue weighted by Gasteiger charge is -2.48. The second kappa shape index (κ2) is 14.4. The summed E-state index contributed by atoms with van der Waals surface area (Å²) in [6.07, 6.45) is -15.3. The Morgan fingerprint density at radius 1 is 1.02 bits per heavy atom. The van der Waals surface area contributed by atoms with Crippen LogP contribution in [0, 0.1) is 0 Å². The monoisotopic (exact) mass is 623 g/mol. The first-order valence-corrected chi connectivity index (χ1v) is 14.6. The topological polar surface area (TPSA) is 260 Å². The summed E-state index contributed by atoms with van der Waals surface area (Å²) in [7, 11) is -6.70. The van der Waals surface area contributed by atoms with Gasteiger partial charge in [-0.3, -0.25) is 9.35 Å². The molecule has 2 rings (SSSR count). The van der Waals surface area contributed by atoms with Crippen molar-refractivity contribution in [2.24, 2.45) is 0 Å². The summed E-state index contributed by atoms with van der Waals surface area (Å²) in [6.45, 7) is 2.82. The number of hydrogen-bond acceptors (Lipinski definition) is 15. The van der Waals surface area contributed by atoms with Crippen LogP contribution >= 0.6 is 0 Å². The van der Waals surface area contributed by atoms with E-state index in [0.29, 0.717) is 5.41 Å². The number of sulfone groups is 1. The van der Waals surface area contributed by atoms with Crippen molar-refractivity contribution in [1.82, 2.24) is 5.32 Å². The molecule has 0 radical (unpaired) electrons. The van der Waals surface area contributed by atoms with Gasteiger partial charge >= 0.3 is 16.4 Å². The predicted molar refractivity (Wildman–Crippen MR) is 128 cm³/mol. The fourth-order valence-corrected chi connectivity index (χ4v) is 5.20. The number of carboxylic acid groups (broad SMARTS) is 1. The van der Waals surface area contributed by atoms with Crippen molar-refractivity contribution < 1.29 is 78.9 Å². The molecule has 5 N–H and O–H groups in total. The highest BCUT2D eigenvalue weighted by molar-refractivity contribution is 7.94. The largest absolute Gasteiger partial charge is 0.479 e. The third-order valence-corrected chi connectivity index (χ3v) is 7.63. The highest BCUT2D eigenvalue weighted by Crippen LogP contribution is 2.33. The molecule has 2 heterocycles. The zero-order valence-electron chi connectivity index (χ0n) is 21.6. The van der Waals surface area contributed by atoms with E-state index in [2.05, 4.69) is 16.1 Å². The van der Waals surface area contributed by atoms with Crippen LogP contribution in [-0.4, -0.2) is 143 Å². The van der Waals surface area contributed by atoms with Crippen LogP contribution in [0.3, 0.4) is 0 Å². The molecule has 2 saturated heterocycles. The first-order chi connectivity index (χ1) is 18.6. The number of aliphatic hydroxyl groups excluding tert-OH is 2. The van der Waals surface area contributed by atoms with E-state index < -0.39 is 112 Å². The van der Waals surface area contributed by atoms with Crippen LogP contribution in [0.15, 0.2) is 12.0 Å². The van der Waals surface area contributed by atoms with E-state index in [-0.39, 0.29) is 0 Å². The van der Waals surface area contributed by atoms with Gasteiger partial charge < -0.3 is 49.1 Å². The average molecular weight is 624 g/mol. The summed E-state index contributed by atoms with van der Waals surface area (Å²) in [5.74, 6) is -2.89. The minimum atomic E-state index is -5.23. The number of hydrogen-bond donors (Lipinski definition) is 5. The highest BCUT2D eigenvalue weighted by atomic mass is 32.3. The molecule has 232 valence electrons. The normalized spacial score (nSPS) is 35.1. The first kappa shape index (κ1) is 34.4. The number of ether oxygens (including phenoxy) is 6. The van der Waals surface area contributed by atoms with Crippen LogP contribution in [-0.2, 0) is 62.4 Å². The number of amides is 1.